The summed E-state index contributed by atoms with van der Waals surface area (Å²) in [6, 6.07) is 3.80. The van der Waals surface area contributed by atoms with Crippen molar-refractivity contribution in [3.8, 4) is 0 Å². The third-order valence-electron chi connectivity index (χ3n) is 3.24. The van der Waals surface area contributed by atoms with E-state index in [9.17, 15) is 4.79 Å². The molecule has 1 aromatic heterocycles. The van der Waals surface area contributed by atoms with E-state index in [0.717, 1.165) is 29.9 Å². The monoisotopic (exact) mass is 247 g/mol. The molecule has 0 aromatic carbocycles. The largest absolute Gasteiger partial charge is 0.469 e. The molecule has 1 atom stereocenters. The molecule has 1 unspecified atom stereocenters. The van der Waals surface area contributed by atoms with Crippen LogP contribution in [0.4, 0.5) is 5.82 Å². The summed E-state index contributed by atoms with van der Waals surface area (Å²) in [4.78, 5) is 16.2. The SMILES string of the molecule is COC(=O)C1CCc2nc(N3CN=NN3)ccc21. The molecule has 0 fully saturated rings. The Hall–Kier alpha value is -2.18. The van der Waals surface area contributed by atoms with Gasteiger partial charge >= 0.3 is 5.97 Å². The fraction of sp³-hybridized carbons (Fsp3) is 0.455. The van der Waals surface area contributed by atoms with Crippen molar-refractivity contribution < 1.29 is 9.53 Å². The van der Waals surface area contributed by atoms with E-state index in [1.807, 2.05) is 12.1 Å². The number of hydrogen-bond donors (Lipinski definition) is 1. The maximum Gasteiger partial charge on any atom is 0.313 e. The average Bonchev–Trinajstić information content (AvgIpc) is 3.06. The molecule has 0 saturated heterocycles. The number of carbonyl (C=O) groups excluding carboxylic acids is 1. The number of aromatic nitrogens is 1. The Morgan fingerprint density at radius 1 is 1.56 bits per heavy atom. The second-order valence-electron chi connectivity index (χ2n) is 4.23. The van der Waals surface area contributed by atoms with E-state index >= 15 is 0 Å². The van der Waals surface area contributed by atoms with Crippen molar-refractivity contribution in [2.45, 2.75) is 18.8 Å². The lowest BCUT2D eigenvalue weighted by molar-refractivity contribution is -0.142. The van der Waals surface area contributed by atoms with Gasteiger partial charge in [-0.15, -0.1) is 5.11 Å². The van der Waals surface area contributed by atoms with E-state index in [1.54, 1.807) is 5.01 Å². The highest BCUT2D eigenvalue weighted by Gasteiger charge is 2.31. The molecular formula is C11H13N5O2. The van der Waals surface area contributed by atoms with Crippen LogP contribution in [0.25, 0.3) is 0 Å². The van der Waals surface area contributed by atoms with Crippen LogP contribution in [0.15, 0.2) is 22.5 Å². The van der Waals surface area contributed by atoms with Gasteiger partial charge in [0.15, 0.2) is 12.5 Å². The van der Waals surface area contributed by atoms with Gasteiger partial charge in [-0.05, 0) is 24.5 Å². The number of nitrogens with one attached hydrogen (secondary N) is 1. The minimum Gasteiger partial charge on any atom is -0.469 e. The predicted octanol–water partition coefficient (Wildman–Crippen LogP) is 0.934. The van der Waals surface area contributed by atoms with Gasteiger partial charge in [0.2, 0.25) is 0 Å². The molecule has 18 heavy (non-hydrogen) atoms. The van der Waals surface area contributed by atoms with Gasteiger partial charge in [0, 0.05) is 5.69 Å². The number of methoxy groups -OCH3 is 1. The molecule has 0 saturated carbocycles. The first-order valence-corrected chi connectivity index (χ1v) is 5.77. The molecule has 1 N–H and O–H groups in total. The van der Waals surface area contributed by atoms with E-state index in [2.05, 4.69) is 20.9 Å². The first-order valence-electron chi connectivity index (χ1n) is 5.77. The fourth-order valence-electron chi connectivity index (χ4n) is 2.33. The maximum atomic E-state index is 11.6. The summed E-state index contributed by atoms with van der Waals surface area (Å²) in [6.45, 7) is 0.451. The van der Waals surface area contributed by atoms with Crippen molar-refractivity contribution in [3.63, 3.8) is 0 Å². The Bertz CT molecular complexity index is 508. The zero-order valence-electron chi connectivity index (χ0n) is 9.96. The van der Waals surface area contributed by atoms with E-state index in [0.29, 0.717) is 6.67 Å². The minimum absolute atomic E-state index is 0.174. The van der Waals surface area contributed by atoms with E-state index < -0.39 is 0 Å². The van der Waals surface area contributed by atoms with Crippen LogP contribution in [0.3, 0.4) is 0 Å². The lowest BCUT2D eigenvalue weighted by atomic mass is 10.0. The lowest BCUT2D eigenvalue weighted by Gasteiger charge is -2.15. The number of rotatable bonds is 2. The van der Waals surface area contributed by atoms with Gasteiger partial charge in [-0.3, -0.25) is 4.79 Å². The van der Waals surface area contributed by atoms with Crippen LogP contribution in [0.2, 0.25) is 0 Å². The normalized spacial score (nSPS) is 20.7. The highest BCUT2D eigenvalue weighted by molar-refractivity contribution is 5.79. The Morgan fingerprint density at radius 3 is 3.17 bits per heavy atom. The second-order valence-corrected chi connectivity index (χ2v) is 4.23. The number of fused-ring (bicyclic) bond motifs is 1. The third kappa shape index (κ3) is 1.68. The molecule has 94 valence electrons. The fourth-order valence-corrected chi connectivity index (χ4v) is 2.33. The first kappa shape index (κ1) is 10.9. The zero-order valence-corrected chi connectivity index (χ0v) is 9.96. The van der Waals surface area contributed by atoms with Crippen molar-refractivity contribution in [3.05, 3.63) is 23.4 Å². The highest BCUT2D eigenvalue weighted by atomic mass is 16.5. The Labute approximate surface area is 104 Å². The number of aryl methyl sites for hydroxylation is 1. The minimum atomic E-state index is -0.187. The summed E-state index contributed by atoms with van der Waals surface area (Å²) in [5.74, 6) is 0.407. The smallest absolute Gasteiger partial charge is 0.313 e. The maximum absolute atomic E-state index is 11.6. The molecule has 0 amide bonds. The molecular weight excluding hydrogens is 234 g/mol. The summed E-state index contributed by atoms with van der Waals surface area (Å²) in [7, 11) is 1.42. The number of pyridine rings is 1. The van der Waals surface area contributed by atoms with Gasteiger partial charge < -0.3 is 4.74 Å². The van der Waals surface area contributed by atoms with Crippen LogP contribution in [0.1, 0.15) is 23.6 Å². The summed E-state index contributed by atoms with van der Waals surface area (Å²) < 4.78 is 4.80. The summed E-state index contributed by atoms with van der Waals surface area (Å²) in [5.41, 5.74) is 4.67. The topological polar surface area (TPSA) is 79.2 Å². The number of esters is 1. The van der Waals surface area contributed by atoms with Gasteiger partial charge in [0.05, 0.1) is 13.0 Å². The van der Waals surface area contributed by atoms with Crippen molar-refractivity contribution in [1.29, 1.82) is 0 Å². The zero-order chi connectivity index (χ0) is 12.5. The van der Waals surface area contributed by atoms with Gasteiger partial charge in [-0.25, -0.2) is 9.99 Å². The van der Waals surface area contributed by atoms with Gasteiger partial charge in [-0.2, -0.15) is 5.53 Å². The molecule has 0 bridgehead atoms. The average molecular weight is 247 g/mol. The van der Waals surface area contributed by atoms with Crippen molar-refractivity contribution in [1.82, 2.24) is 10.5 Å². The quantitative estimate of drug-likeness (QED) is 0.786. The van der Waals surface area contributed by atoms with Crippen LogP contribution in [-0.4, -0.2) is 24.7 Å². The van der Waals surface area contributed by atoms with E-state index in [1.165, 1.54) is 7.11 Å². The van der Waals surface area contributed by atoms with Gasteiger partial charge in [-0.1, -0.05) is 11.3 Å². The van der Waals surface area contributed by atoms with Crippen molar-refractivity contribution in [2.24, 2.45) is 10.3 Å². The molecule has 0 spiro atoms. The molecule has 2 aliphatic rings. The van der Waals surface area contributed by atoms with E-state index in [4.69, 9.17) is 4.74 Å². The van der Waals surface area contributed by atoms with Crippen LogP contribution in [0.5, 0.6) is 0 Å². The number of anilines is 1. The molecule has 3 rings (SSSR count). The summed E-state index contributed by atoms with van der Waals surface area (Å²) in [6.07, 6.45) is 1.56. The second kappa shape index (κ2) is 4.25. The van der Waals surface area contributed by atoms with Crippen molar-refractivity contribution in [2.75, 3.05) is 18.8 Å². The van der Waals surface area contributed by atoms with Crippen molar-refractivity contribution >= 4 is 11.8 Å². The van der Waals surface area contributed by atoms with Gasteiger partial charge in [0.25, 0.3) is 0 Å². The first-order chi connectivity index (χ1) is 8.79. The summed E-state index contributed by atoms with van der Waals surface area (Å²) >= 11 is 0. The molecule has 1 aliphatic heterocycles. The van der Waals surface area contributed by atoms with E-state index in [-0.39, 0.29) is 11.9 Å². The highest BCUT2D eigenvalue weighted by Crippen LogP contribution is 2.34. The summed E-state index contributed by atoms with van der Waals surface area (Å²) in [5, 5.41) is 9.24. The number of hydrazine groups is 1. The lowest BCUT2D eigenvalue weighted by Crippen LogP contribution is -2.30. The van der Waals surface area contributed by atoms with Crippen LogP contribution in [-0.2, 0) is 16.0 Å². The van der Waals surface area contributed by atoms with Crippen LogP contribution < -0.4 is 10.5 Å². The number of hydrogen-bond acceptors (Lipinski definition) is 7. The molecule has 7 heteroatoms. The van der Waals surface area contributed by atoms with Gasteiger partial charge in [0.1, 0.15) is 0 Å². The van der Waals surface area contributed by atoms with Crippen LogP contribution in [0, 0.1) is 0 Å². The number of carbonyl (C=O) groups is 1. The standard InChI is InChI=1S/C11H13N5O2/c1-18-11(17)8-2-4-9-7(8)3-5-10(13-9)16-6-12-14-15-16/h3,5,8H,2,4,6H2,1H3,(H,12,15). The number of ether oxygens (including phenoxy) is 1. The molecule has 2 heterocycles. The third-order valence-corrected chi connectivity index (χ3v) is 3.24. The number of nitrogens with zero attached hydrogens (tertiary/aromatic N) is 4. The molecule has 1 aromatic rings. The molecule has 7 nitrogen and oxygen atoms in total. The van der Waals surface area contributed by atoms with Crippen LogP contribution >= 0.6 is 0 Å². The predicted molar refractivity (Wildman–Crippen MR) is 62.7 cm³/mol. The molecule has 0 radical (unpaired) electrons. The molecule has 1 aliphatic carbocycles. The Morgan fingerprint density at radius 2 is 2.44 bits per heavy atom. The Balaban J connectivity index is 1.87. The Kier molecular flexibility index (Phi) is 2.58.